The molecule has 3 heteroatoms. The molecular formula is C16H27N3. The first kappa shape index (κ1) is 14.4. The third-order valence-electron chi connectivity index (χ3n) is 4.07. The van der Waals surface area contributed by atoms with Crippen LogP contribution >= 0.6 is 0 Å². The van der Waals surface area contributed by atoms with Gasteiger partial charge in [-0.05, 0) is 45.1 Å². The van der Waals surface area contributed by atoms with Crippen LogP contribution in [0.25, 0.3) is 0 Å². The highest BCUT2D eigenvalue weighted by atomic mass is 15.2. The first-order valence-corrected chi connectivity index (χ1v) is 7.34. The molecule has 106 valence electrons. The van der Waals surface area contributed by atoms with Crippen LogP contribution in [-0.2, 0) is 0 Å². The van der Waals surface area contributed by atoms with Gasteiger partial charge in [0.2, 0.25) is 0 Å². The lowest BCUT2D eigenvalue weighted by atomic mass is 10.1. The van der Waals surface area contributed by atoms with E-state index in [-0.39, 0.29) is 0 Å². The topological polar surface area (TPSA) is 18.5 Å². The minimum Gasteiger partial charge on any atom is -0.385 e. The smallest absolute Gasteiger partial charge is 0.0340 e. The molecule has 1 saturated heterocycles. The maximum atomic E-state index is 3.48. The zero-order chi connectivity index (χ0) is 13.7. The molecule has 3 nitrogen and oxygen atoms in total. The van der Waals surface area contributed by atoms with Gasteiger partial charge in [0.05, 0.1) is 0 Å². The van der Waals surface area contributed by atoms with Gasteiger partial charge in [-0.3, -0.25) is 0 Å². The lowest BCUT2D eigenvalue weighted by molar-refractivity contribution is 0.252. The standard InChI is InChI=1S/C16H27N3/c1-14-12-19(13-16(14)18(2)3)11-7-10-17-15-8-5-4-6-9-15/h4-6,8-9,14,16-17H,7,10-13H2,1-3H3. The average Bonchev–Trinajstić information content (AvgIpc) is 2.77. The Hall–Kier alpha value is -1.06. The number of likely N-dealkylation sites (N-methyl/N-ethyl adjacent to an activating group) is 1. The summed E-state index contributed by atoms with van der Waals surface area (Å²) in [4.78, 5) is 4.97. The van der Waals surface area contributed by atoms with Crippen LogP contribution in [0, 0.1) is 5.92 Å². The summed E-state index contributed by atoms with van der Waals surface area (Å²) in [5, 5.41) is 3.48. The molecule has 1 aromatic rings. The van der Waals surface area contributed by atoms with Crippen molar-refractivity contribution in [3.8, 4) is 0 Å². The van der Waals surface area contributed by atoms with Crippen molar-refractivity contribution in [2.75, 3.05) is 45.6 Å². The Kier molecular flexibility index (Phi) is 5.23. The van der Waals surface area contributed by atoms with E-state index in [4.69, 9.17) is 0 Å². The Morgan fingerprint density at radius 3 is 2.58 bits per heavy atom. The Bertz CT molecular complexity index is 364. The summed E-state index contributed by atoms with van der Waals surface area (Å²) in [6, 6.07) is 11.2. The quantitative estimate of drug-likeness (QED) is 0.793. The molecule has 0 aromatic heterocycles. The molecule has 0 amide bonds. The predicted molar refractivity (Wildman–Crippen MR) is 82.6 cm³/mol. The van der Waals surface area contributed by atoms with Crippen LogP contribution in [0.3, 0.4) is 0 Å². The third-order valence-corrected chi connectivity index (χ3v) is 4.07. The summed E-state index contributed by atoms with van der Waals surface area (Å²) in [7, 11) is 4.39. The summed E-state index contributed by atoms with van der Waals surface area (Å²) in [5.74, 6) is 0.789. The molecule has 2 unspecified atom stereocenters. The molecule has 2 atom stereocenters. The molecule has 1 aliphatic rings. The van der Waals surface area contributed by atoms with Gasteiger partial charge in [0.15, 0.2) is 0 Å². The summed E-state index contributed by atoms with van der Waals surface area (Å²) in [6.07, 6.45) is 1.21. The van der Waals surface area contributed by atoms with Crippen LogP contribution in [0.5, 0.6) is 0 Å². The zero-order valence-corrected chi connectivity index (χ0v) is 12.5. The third kappa shape index (κ3) is 4.22. The summed E-state index contributed by atoms with van der Waals surface area (Å²) >= 11 is 0. The molecule has 1 fully saturated rings. The van der Waals surface area contributed by atoms with Crippen LogP contribution in [-0.4, -0.2) is 56.1 Å². The largest absolute Gasteiger partial charge is 0.385 e. The molecule has 1 N–H and O–H groups in total. The summed E-state index contributed by atoms with van der Waals surface area (Å²) in [5.41, 5.74) is 1.23. The molecular weight excluding hydrogens is 234 g/mol. The summed E-state index contributed by atoms with van der Waals surface area (Å²) < 4.78 is 0. The Balaban J connectivity index is 1.64. The van der Waals surface area contributed by atoms with E-state index in [1.807, 2.05) is 0 Å². The highest BCUT2D eigenvalue weighted by Crippen LogP contribution is 2.19. The Labute approximate surface area is 117 Å². The van der Waals surface area contributed by atoms with Crippen LogP contribution in [0.1, 0.15) is 13.3 Å². The Morgan fingerprint density at radius 2 is 1.95 bits per heavy atom. The molecule has 0 aliphatic carbocycles. The number of anilines is 1. The van der Waals surface area contributed by atoms with Crippen molar-refractivity contribution in [3.05, 3.63) is 30.3 Å². The highest BCUT2D eigenvalue weighted by Gasteiger charge is 2.30. The van der Waals surface area contributed by atoms with Gasteiger partial charge in [-0.25, -0.2) is 0 Å². The normalized spacial score (nSPS) is 24.0. The second-order valence-corrected chi connectivity index (χ2v) is 5.91. The monoisotopic (exact) mass is 261 g/mol. The van der Waals surface area contributed by atoms with Crippen molar-refractivity contribution < 1.29 is 0 Å². The van der Waals surface area contributed by atoms with E-state index >= 15 is 0 Å². The van der Waals surface area contributed by atoms with Gasteiger partial charge in [0.1, 0.15) is 0 Å². The molecule has 0 radical (unpaired) electrons. The van der Waals surface area contributed by atoms with Crippen molar-refractivity contribution in [2.45, 2.75) is 19.4 Å². The Morgan fingerprint density at radius 1 is 1.21 bits per heavy atom. The molecule has 1 aliphatic heterocycles. The molecule has 0 saturated carbocycles. The van der Waals surface area contributed by atoms with Crippen molar-refractivity contribution in [3.63, 3.8) is 0 Å². The second-order valence-electron chi connectivity index (χ2n) is 5.91. The van der Waals surface area contributed by atoms with E-state index in [9.17, 15) is 0 Å². The molecule has 1 aromatic carbocycles. The van der Waals surface area contributed by atoms with Crippen molar-refractivity contribution in [1.82, 2.24) is 9.80 Å². The fraction of sp³-hybridized carbons (Fsp3) is 0.625. The predicted octanol–water partition coefficient (Wildman–Crippen LogP) is 2.37. The molecule has 2 rings (SSSR count). The number of nitrogens with one attached hydrogen (secondary N) is 1. The first-order chi connectivity index (χ1) is 9.16. The van der Waals surface area contributed by atoms with E-state index < -0.39 is 0 Å². The van der Waals surface area contributed by atoms with Crippen LogP contribution < -0.4 is 5.32 Å². The fourth-order valence-corrected chi connectivity index (χ4v) is 2.99. The summed E-state index contributed by atoms with van der Waals surface area (Å²) in [6.45, 7) is 7.09. The van der Waals surface area contributed by atoms with Crippen molar-refractivity contribution in [2.24, 2.45) is 5.92 Å². The number of rotatable bonds is 6. The first-order valence-electron chi connectivity index (χ1n) is 7.34. The second kappa shape index (κ2) is 6.92. The van der Waals surface area contributed by atoms with E-state index in [1.54, 1.807) is 0 Å². The fourth-order valence-electron chi connectivity index (χ4n) is 2.99. The number of hydrogen-bond acceptors (Lipinski definition) is 3. The number of hydrogen-bond donors (Lipinski definition) is 1. The zero-order valence-electron chi connectivity index (χ0n) is 12.5. The number of likely N-dealkylation sites (tertiary alicyclic amines) is 1. The lowest BCUT2D eigenvalue weighted by Gasteiger charge is -2.22. The number of benzene rings is 1. The van der Waals surface area contributed by atoms with E-state index in [2.05, 4.69) is 66.5 Å². The van der Waals surface area contributed by atoms with Crippen molar-refractivity contribution >= 4 is 5.69 Å². The highest BCUT2D eigenvalue weighted by molar-refractivity contribution is 5.42. The maximum absolute atomic E-state index is 3.48. The van der Waals surface area contributed by atoms with Gasteiger partial charge in [0.25, 0.3) is 0 Å². The van der Waals surface area contributed by atoms with Gasteiger partial charge in [-0.2, -0.15) is 0 Å². The molecule has 0 bridgehead atoms. The minimum atomic E-state index is 0.724. The number of nitrogens with zero attached hydrogens (tertiary/aromatic N) is 2. The van der Waals surface area contributed by atoms with Crippen molar-refractivity contribution in [1.29, 1.82) is 0 Å². The maximum Gasteiger partial charge on any atom is 0.0340 e. The molecule has 19 heavy (non-hydrogen) atoms. The van der Waals surface area contributed by atoms with E-state index in [1.165, 1.54) is 31.7 Å². The van der Waals surface area contributed by atoms with Crippen LogP contribution in [0.2, 0.25) is 0 Å². The van der Waals surface area contributed by atoms with E-state index in [0.29, 0.717) is 0 Å². The minimum absolute atomic E-state index is 0.724. The molecule has 1 heterocycles. The van der Waals surface area contributed by atoms with Gasteiger partial charge >= 0.3 is 0 Å². The van der Waals surface area contributed by atoms with Gasteiger partial charge in [-0.1, -0.05) is 25.1 Å². The van der Waals surface area contributed by atoms with Gasteiger partial charge in [-0.15, -0.1) is 0 Å². The van der Waals surface area contributed by atoms with Crippen LogP contribution in [0.15, 0.2) is 30.3 Å². The van der Waals surface area contributed by atoms with Gasteiger partial charge < -0.3 is 15.1 Å². The SMILES string of the molecule is CC1CN(CCCNc2ccccc2)CC1N(C)C. The van der Waals surface area contributed by atoms with Crippen LogP contribution in [0.4, 0.5) is 5.69 Å². The lowest BCUT2D eigenvalue weighted by Crippen LogP contribution is -2.34. The number of para-hydroxylation sites is 1. The van der Waals surface area contributed by atoms with E-state index in [0.717, 1.165) is 18.5 Å². The van der Waals surface area contributed by atoms with Gasteiger partial charge in [0, 0.05) is 31.4 Å². The average molecular weight is 261 g/mol. The molecule has 0 spiro atoms.